The van der Waals surface area contributed by atoms with Gasteiger partial charge in [0.1, 0.15) is 11.5 Å². The second-order valence-corrected chi connectivity index (χ2v) is 6.57. The van der Waals surface area contributed by atoms with Crippen LogP contribution in [0.2, 0.25) is 5.02 Å². The van der Waals surface area contributed by atoms with E-state index in [4.69, 9.17) is 21.1 Å². The summed E-state index contributed by atoms with van der Waals surface area (Å²) in [7, 11) is 4.28. The van der Waals surface area contributed by atoms with Crippen LogP contribution in [0.15, 0.2) is 18.2 Å². The number of hydrogen-bond donors (Lipinski definition) is 1. The summed E-state index contributed by atoms with van der Waals surface area (Å²) in [4.78, 5) is 31.3. The fraction of sp³-hybridized carbons (Fsp3) is 0.316. The Morgan fingerprint density at radius 2 is 2.11 bits per heavy atom. The molecule has 1 aromatic carbocycles. The van der Waals surface area contributed by atoms with Gasteiger partial charge in [-0.05, 0) is 24.1 Å². The second kappa shape index (κ2) is 8.02. The number of amides is 2. The lowest BCUT2D eigenvalue weighted by Gasteiger charge is -2.30. The number of nitrogens with zero attached hydrogens (tertiary/aromatic N) is 2. The molecule has 0 aliphatic carbocycles. The normalized spacial score (nSPS) is 13.2. The summed E-state index contributed by atoms with van der Waals surface area (Å²) in [6.45, 7) is 0.601. The molecule has 0 atom stereocenters. The highest BCUT2D eigenvalue weighted by Crippen LogP contribution is 2.37. The number of halogens is 2. The van der Waals surface area contributed by atoms with Gasteiger partial charge in [-0.3, -0.25) is 9.59 Å². The van der Waals surface area contributed by atoms with Crippen LogP contribution < -0.4 is 14.8 Å². The van der Waals surface area contributed by atoms with E-state index < -0.39 is 11.7 Å². The van der Waals surface area contributed by atoms with Crippen LogP contribution in [0, 0.1) is 5.82 Å². The monoisotopic (exact) mass is 407 g/mol. The number of hydrogen-bond acceptors (Lipinski definition) is 5. The van der Waals surface area contributed by atoms with Crippen molar-refractivity contribution in [3.05, 3.63) is 51.4 Å². The van der Waals surface area contributed by atoms with Crippen LogP contribution in [0.5, 0.6) is 11.6 Å². The highest BCUT2D eigenvalue weighted by molar-refractivity contribution is 6.30. The Bertz CT molecular complexity index is 951. The van der Waals surface area contributed by atoms with E-state index in [1.54, 1.807) is 11.0 Å². The molecule has 1 N–H and O–H groups in total. The molecular formula is C19H19ClFN3O4. The average molecular weight is 408 g/mol. The predicted octanol–water partition coefficient (Wildman–Crippen LogP) is 2.45. The highest BCUT2D eigenvalue weighted by atomic mass is 35.5. The van der Waals surface area contributed by atoms with Gasteiger partial charge in [-0.2, -0.15) is 0 Å². The van der Waals surface area contributed by atoms with E-state index in [1.165, 1.54) is 33.4 Å². The van der Waals surface area contributed by atoms with Gasteiger partial charge in [0.15, 0.2) is 5.75 Å². The Labute approximate surface area is 166 Å². The van der Waals surface area contributed by atoms with Crippen LogP contribution >= 0.6 is 11.6 Å². The molecule has 0 unspecified atom stereocenters. The Morgan fingerprint density at radius 3 is 2.71 bits per heavy atom. The summed E-state index contributed by atoms with van der Waals surface area (Å²) in [5.41, 5.74) is 1.57. The lowest BCUT2D eigenvalue weighted by Crippen LogP contribution is -2.39. The van der Waals surface area contributed by atoms with Gasteiger partial charge in [-0.25, -0.2) is 9.37 Å². The zero-order chi connectivity index (χ0) is 20.4. The number of carbonyl (C=O) groups is 2. The number of benzene rings is 1. The molecule has 0 spiro atoms. The number of pyridine rings is 1. The molecule has 0 fully saturated rings. The van der Waals surface area contributed by atoms with Gasteiger partial charge in [-0.1, -0.05) is 17.7 Å². The molecule has 7 nitrogen and oxygen atoms in total. The first-order valence-corrected chi connectivity index (χ1v) is 8.89. The van der Waals surface area contributed by atoms with E-state index in [0.717, 1.165) is 0 Å². The topological polar surface area (TPSA) is 80.8 Å². The molecule has 0 saturated heterocycles. The van der Waals surface area contributed by atoms with Gasteiger partial charge in [0.2, 0.25) is 0 Å². The number of rotatable bonds is 5. The fourth-order valence-electron chi connectivity index (χ4n) is 3.20. The van der Waals surface area contributed by atoms with E-state index in [1.807, 2.05) is 0 Å². The second-order valence-electron chi connectivity index (χ2n) is 6.16. The van der Waals surface area contributed by atoms with Crippen molar-refractivity contribution in [2.45, 2.75) is 13.0 Å². The highest BCUT2D eigenvalue weighted by Gasteiger charge is 2.34. The summed E-state index contributed by atoms with van der Waals surface area (Å²) in [5.74, 6) is -1.03. The van der Waals surface area contributed by atoms with Crippen molar-refractivity contribution in [1.82, 2.24) is 15.2 Å². The van der Waals surface area contributed by atoms with Crippen LogP contribution in [-0.4, -0.2) is 49.5 Å². The maximum absolute atomic E-state index is 13.4. The number of methoxy groups -OCH3 is 2. The minimum absolute atomic E-state index is 0.00675. The SMILES string of the molecule is CNC(=O)c1nc(OC)c(OC)c2c1CCN(Cc1ccc(F)c(Cl)c1)C2=O. The molecule has 3 rings (SSSR count). The van der Waals surface area contributed by atoms with Gasteiger partial charge < -0.3 is 19.7 Å². The molecule has 0 radical (unpaired) electrons. The quantitative estimate of drug-likeness (QED) is 0.823. The van der Waals surface area contributed by atoms with Gasteiger partial charge in [-0.15, -0.1) is 0 Å². The van der Waals surface area contributed by atoms with Crippen LogP contribution in [-0.2, 0) is 13.0 Å². The van der Waals surface area contributed by atoms with Crippen LogP contribution in [0.4, 0.5) is 4.39 Å². The van der Waals surface area contributed by atoms with Crippen LogP contribution in [0.3, 0.4) is 0 Å². The minimum Gasteiger partial charge on any atom is -0.491 e. The fourth-order valence-corrected chi connectivity index (χ4v) is 3.40. The summed E-state index contributed by atoms with van der Waals surface area (Å²) < 4.78 is 24.0. The van der Waals surface area contributed by atoms with Crippen LogP contribution in [0.25, 0.3) is 0 Å². The number of nitrogens with one attached hydrogen (secondary N) is 1. The molecule has 0 saturated carbocycles. The van der Waals surface area contributed by atoms with Crippen molar-refractivity contribution in [3.63, 3.8) is 0 Å². The molecule has 2 amide bonds. The minimum atomic E-state index is -0.520. The number of aromatic nitrogens is 1. The maximum atomic E-state index is 13.4. The summed E-state index contributed by atoms with van der Waals surface area (Å²) in [5, 5.41) is 2.52. The van der Waals surface area contributed by atoms with Crippen molar-refractivity contribution < 1.29 is 23.5 Å². The largest absolute Gasteiger partial charge is 0.491 e. The lowest BCUT2D eigenvalue weighted by molar-refractivity contribution is 0.0720. The molecule has 0 bridgehead atoms. The van der Waals surface area contributed by atoms with Gasteiger partial charge in [0.25, 0.3) is 17.7 Å². The number of ether oxygens (including phenoxy) is 2. The summed E-state index contributed by atoms with van der Waals surface area (Å²) in [6, 6.07) is 4.32. The first-order valence-electron chi connectivity index (χ1n) is 8.51. The standard InChI is InChI=1S/C19H19ClFN3O4/c1-22-17(25)15-11-6-7-24(9-10-4-5-13(21)12(20)8-10)19(26)14(11)16(27-2)18(23-15)28-3/h4-5,8H,6-7,9H2,1-3H3,(H,22,25). The molecule has 2 heterocycles. The molecule has 148 valence electrons. The van der Waals surface area contributed by atoms with Gasteiger partial charge in [0.05, 0.1) is 24.8 Å². The Hall–Kier alpha value is -2.87. The predicted molar refractivity (Wildman–Crippen MR) is 101 cm³/mol. The first kappa shape index (κ1) is 19.9. The van der Waals surface area contributed by atoms with Crippen molar-refractivity contribution in [2.75, 3.05) is 27.8 Å². The number of fused-ring (bicyclic) bond motifs is 1. The van der Waals surface area contributed by atoms with E-state index in [2.05, 4.69) is 10.3 Å². The summed E-state index contributed by atoms with van der Waals surface area (Å²) in [6.07, 6.45) is 0.409. The first-order chi connectivity index (χ1) is 13.4. The Balaban J connectivity index is 2.04. The molecule has 2 aromatic rings. The summed E-state index contributed by atoms with van der Waals surface area (Å²) >= 11 is 5.84. The smallest absolute Gasteiger partial charge is 0.270 e. The molecule has 28 heavy (non-hydrogen) atoms. The van der Waals surface area contributed by atoms with E-state index in [0.29, 0.717) is 24.1 Å². The lowest BCUT2D eigenvalue weighted by atomic mass is 9.95. The van der Waals surface area contributed by atoms with Crippen molar-refractivity contribution in [2.24, 2.45) is 0 Å². The van der Waals surface area contributed by atoms with Crippen molar-refractivity contribution >= 4 is 23.4 Å². The van der Waals surface area contributed by atoms with Gasteiger partial charge >= 0.3 is 0 Å². The third-order valence-corrected chi connectivity index (χ3v) is 4.84. The molecule has 1 aliphatic rings. The Morgan fingerprint density at radius 1 is 1.36 bits per heavy atom. The van der Waals surface area contributed by atoms with E-state index >= 15 is 0 Å². The zero-order valence-corrected chi connectivity index (χ0v) is 16.4. The molecular weight excluding hydrogens is 389 g/mol. The third-order valence-electron chi connectivity index (χ3n) is 4.55. The maximum Gasteiger partial charge on any atom is 0.270 e. The van der Waals surface area contributed by atoms with Crippen LogP contribution in [0.1, 0.15) is 32.0 Å². The molecule has 1 aromatic heterocycles. The van der Waals surface area contributed by atoms with Crippen molar-refractivity contribution in [1.29, 1.82) is 0 Å². The van der Waals surface area contributed by atoms with E-state index in [9.17, 15) is 14.0 Å². The Kier molecular flexibility index (Phi) is 5.69. The number of carbonyl (C=O) groups excluding carboxylic acids is 2. The van der Waals surface area contributed by atoms with Gasteiger partial charge in [0, 0.05) is 25.7 Å². The van der Waals surface area contributed by atoms with Crippen molar-refractivity contribution in [3.8, 4) is 11.6 Å². The third kappa shape index (κ3) is 3.47. The molecule has 1 aliphatic heterocycles. The zero-order valence-electron chi connectivity index (χ0n) is 15.6. The average Bonchev–Trinajstić information content (AvgIpc) is 2.70. The van der Waals surface area contributed by atoms with E-state index in [-0.39, 0.29) is 40.4 Å². The molecule has 9 heteroatoms.